The smallest absolute Gasteiger partial charge is 0.0676 e. The molecule has 0 unspecified atom stereocenters. The molecule has 0 fully saturated rings. The zero-order valence-electron chi connectivity index (χ0n) is 6.52. The van der Waals surface area contributed by atoms with Gasteiger partial charge in [-0.3, -0.25) is 0 Å². The van der Waals surface area contributed by atoms with Crippen LogP contribution in [0.25, 0.3) is 0 Å². The Bertz CT molecular complexity index is 94.7. The van der Waals surface area contributed by atoms with Gasteiger partial charge in [0, 0.05) is 5.92 Å². The monoisotopic (exact) mass is 128 g/mol. The van der Waals surface area contributed by atoms with E-state index in [0.717, 1.165) is 6.42 Å². The molecule has 0 saturated carbocycles. The first-order valence-corrected chi connectivity index (χ1v) is 3.39. The fraction of sp³-hybridized carbons (Fsp3) is 0.750. The van der Waals surface area contributed by atoms with Crippen molar-refractivity contribution < 1.29 is 5.11 Å². The molecule has 0 radical (unpaired) electrons. The largest absolute Gasteiger partial charge is 0.390 e. The van der Waals surface area contributed by atoms with Crippen LogP contribution in [-0.2, 0) is 0 Å². The Labute approximate surface area is 57.4 Å². The summed E-state index contributed by atoms with van der Waals surface area (Å²) in [6.07, 6.45) is 2.56. The summed E-state index contributed by atoms with van der Waals surface area (Å²) in [4.78, 5) is 0. The maximum Gasteiger partial charge on any atom is 0.0676 e. The third-order valence-corrected chi connectivity index (χ3v) is 2.05. The summed E-state index contributed by atoms with van der Waals surface area (Å²) in [5.41, 5.74) is -0.568. The Morgan fingerprint density at radius 3 is 2.33 bits per heavy atom. The molecule has 0 amide bonds. The lowest BCUT2D eigenvalue weighted by Crippen LogP contribution is -2.30. The molecule has 0 bridgehead atoms. The molecule has 0 aromatic carbocycles. The van der Waals surface area contributed by atoms with Gasteiger partial charge in [0.05, 0.1) is 5.60 Å². The first-order valence-electron chi connectivity index (χ1n) is 3.39. The van der Waals surface area contributed by atoms with E-state index >= 15 is 0 Å². The van der Waals surface area contributed by atoms with Gasteiger partial charge in [0.15, 0.2) is 0 Å². The number of hydrogen-bond donors (Lipinski definition) is 1. The van der Waals surface area contributed by atoms with Crippen LogP contribution < -0.4 is 0 Å². The normalized spacial score (nSPS) is 20.4. The summed E-state index contributed by atoms with van der Waals surface area (Å²) < 4.78 is 0. The fourth-order valence-corrected chi connectivity index (χ4v) is 0.576. The molecular weight excluding hydrogens is 112 g/mol. The SMILES string of the molecule is C=C[C@@H](C)[C@](C)(O)CC. The van der Waals surface area contributed by atoms with Crippen LogP contribution in [0.1, 0.15) is 27.2 Å². The van der Waals surface area contributed by atoms with E-state index in [1.165, 1.54) is 0 Å². The van der Waals surface area contributed by atoms with E-state index in [1.54, 1.807) is 6.08 Å². The van der Waals surface area contributed by atoms with Crippen molar-refractivity contribution in [3.8, 4) is 0 Å². The van der Waals surface area contributed by atoms with Crippen molar-refractivity contribution in [3.63, 3.8) is 0 Å². The minimum absolute atomic E-state index is 0.183. The number of aliphatic hydroxyl groups is 1. The van der Waals surface area contributed by atoms with Gasteiger partial charge in [-0.25, -0.2) is 0 Å². The van der Waals surface area contributed by atoms with Crippen LogP contribution in [0.15, 0.2) is 12.7 Å². The Balaban J connectivity index is 3.95. The maximum atomic E-state index is 9.52. The van der Waals surface area contributed by atoms with Crippen molar-refractivity contribution >= 4 is 0 Å². The lowest BCUT2D eigenvalue weighted by Gasteiger charge is -2.26. The first-order chi connectivity index (χ1) is 4.04. The molecule has 0 aliphatic carbocycles. The van der Waals surface area contributed by atoms with Gasteiger partial charge in [-0.05, 0) is 13.3 Å². The molecule has 0 heterocycles. The minimum atomic E-state index is -0.568. The summed E-state index contributed by atoms with van der Waals surface area (Å²) >= 11 is 0. The summed E-state index contributed by atoms with van der Waals surface area (Å²) in [5, 5.41) is 9.52. The molecule has 1 N–H and O–H groups in total. The van der Waals surface area contributed by atoms with Crippen LogP contribution in [0, 0.1) is 5.92 Å². The lowest BCUT2D eigenvalue weighted by molar-refractivity contribution is 0.0210. The van der Waals surface area contributed by atoms with Gasteiger partial charge in [0.2, 0.25) is 0 Å². The molecule has 0 aliphatic heterocycles. The Morgan fingerprint density at radius 1 is 1.78 bits per heavy atom. The zero-order valence-corrected chi connectivity index (χ0v) is 6.52. The highest BCUT2D eigenvalue weighted by atomic mass is 16.3. The highest BCUT2D eigenvalue weighted by Crippen LogP contribution is 2.20. The van der Waals surface area contributed by atoms with Gasteiger partial charge >= 0.3 is 0 Å². The van der Waals surface area contributed by atoms with Gasteiger partial charge in [0.1, 0.15) is 0 Å². The lowest BCUT2D eigenvalue weighted by atomic mass is 9.89. The van der Waals surface area contributed by atoms with E-state index in [1.807, 2.05) is 20.8 Å². The summed E-state index contributed by atoms with van der Waals surface area (Å²) in [5.74, 6) is 0.183. The van der Waals surface area contributed by atoms with Crippen LogP contribution in [-0.4, -0.2) is 10.7 Å². The van der Waals surface area contributed by atoms with Gasteiger partial charge in [0.25, 0.3) is 0 Å². The molecule has 0 saturated heterocycles. The summed E-state index contributed by atoms with van der Waals surface area (Å²) in [7, 11) is 0. The number of hydrogen-bond acceptors (Lipinski definition) is 1. The molecule has 0 aromatic heterocycles. The Morgan fingerprint density at radius 2 is 2.22 bits per heavy atom. The van der Waals surface area contributed by atoms with E-state index in [-0.39, 0.29) is 5.92 Å². The average molecular weight is 128 g/mol. The van der Waals surface area contributed by atoms with Crippen molar-refractivity contribution in [2.24, 2.45) is 5.92 Å². The fourth-order valence-electron chi connectivity index (χ4n) is 0.576. The standard InChI is InChI=1S/C8H16O/c1-5-7(3)8(4,9)6-2/h5,7,9H,1,6H2,2-4H3/t7-,8-/m1/s1. The second kappa shape index (κ2) is 3.02. The average Bonchev–Trinajstić information content (AvgIpc) is 1.86. The highest BCUT2D eigenvalue weighted by Gasteiger charge is 2.22. The van der Waals surface area contributed by atoms with E-state index < -0.39 is 5.60 Å². The highest BCUT2D eigenvalue weighted by molar-refractivity contribution is 4.88. The first kappa shape index (κ1) is 8.70. The van der Waals surface area contributed by atoms with Crippen LogP contribution >= 0.6 is 0 Å². The van der Waals surface area contributed by atoms with Gasteiger partial charge in [-0.2, -0.15) is 0 Å². The maximum absolute atomic E-state index is 9.52. The quantitative estimate of drug-likeness (QED) is 0.576. The number of rotatable bonds is 3. The molecule has 0 spiro atoms. The molecule has 1 nitrogen and oxygen atoms in total. The minimum Gasteiger partial charge on any atom is -0.390 e. The van der Waals surface area contributed by atoms with Crippen LogP contribution in [0.2, 0.25) is 0 Å². The molecular formula is C8H16O. The second-order valence-electron chi connectivity index (χ2n) is 2.74. The van der Waals surface area contributed by atoms with Crippen molar-refractivity contribution in [3.05, 3.63) is 12.7 Å². The van der Waals surface area contributed by atoms with Gasteiger partial charge < -0.3 is 5.11 Å². The molecule has 9 heavy (non-hydrogen) atoms. The second-order valence-corrected chi connectivity index (χ2v) is 2.74. The summed E-state index contributed by atoms with van der Waals surface area (Å²) in [6.45, 7) is 9.39. The van der Waals surface area contributed by atoms with E-state index in [2.05, 4.69) is 6.58 Å². The molecule has 0 rings (SSSR count). The third-order valence-electron chi connectivity index (χ3n) is 2.05. The predicted octanol–water partition coefficient (Wildman–Crippen LogP) is 1.97. The Hall–Kier alpha value is -0.300. The summed E-state index contributed by atoms with van der Waals surface area (Å²) in [6, 6.07) is 0. The third kappa shape index (κ3) is 2.19. The molecule has 0 aliphatic rings. The van der Waals surface area contributed by atoms with E-state index in [9.17, 15) is 5.11 Å². The molecule has 1 heteroatoms. The van der Waals surface area contributed by atoms with E-state index in [0.29, 0.717) is 0 Å². The van der Waals surface area contributed by atoms with Crippen molar-refractivity contribution in [1.82, 2.24) is 0 Å². The van der Waals surface area contributed by atoms with Crippen LogP contribution in [0.3, 0.4) is 0 Å². The van der Waals surface area contributed by atoms with E-state index in [4.69, 9.17) is 0 Å². The Kier molecular flexibility index (Phi) is 2.92. The van der Waals surface area contributed by atoms with Crippen molar-refractivity contribution in [1.29, 1.82) is 0 Å². The molecule has 54 valence electrons. The van der Waals surface area contributed by atoms with Crippen molar-refractivity contribution in [2.75, 3.05) is 0 Å². The van der Waals surface area contributed by atoms with Crippen LogP contribution in [0.5, 0.6) is 0 Å². The predicted molar refractivity (Wildman–Crippen MR) is 40.3 cm³/mol. The molecule has 0 aromatic rings. The topological polar surface area (TPSA) is 20.2 Å². The van der Waals surface area contributed by atoms with Crippen molar-refractivity contribution in [2.45, 2.75) is 32.8 Å². The van der Waals surface area contributed by atoms with Gasteiger partial charge in [-0.15, -0.1) is 6.58 Å². The van der Waals surface area contributed by atoms with Crippen LogP contribution in [0.4, 0.5) is 0 Å². The molecule has 2 atom stereocenters. The van der Waals surface area contributed by atoms with Gasteiger partial charge in [-0.1, -0.05) is 19.9 Å². The zero-order chi connectivity index (χ0) is 7.49.